The van der Waals surface area contributed by atoms with Crippen molar-refractivity contribution in [2.45, 2.75) is 59.0 Å². The van der Waals surface area contributed by atoms with Gasteiger partial charge in [-0.2, -0.15) is 0 Å². The maximum Gasteiger partial charge on any atom is 0.331 e. The van der Waals surface area contributed by atoms with Crippen LogP contribution in [0.2, 0.25) is 0 Å². The first-order valence-electron chi connectivity index (χ1n) is 11.5. The summed E-state index contributed by atoms with van der Waals surface area (Å²) in [5.41, 5.74) is 1.48. The summed E-state index contributed by atoms with van der Waals surface area (Å²) in [5, 5.41) is 26.6. The Morgan fingerprint density at radius 2 is 1.45 bits per heavy atom. The molecule has 0 radical (unpaired) electrons. The van der Waals surface area contributed by atoms with Crippen molar-refractivity contribution < 1.29 is 34.4 Å². The number of carboxylic acids is 3. The number of aliphatic carboxylic acids is 3. The van der Waals surface area contributed by atoms with Crippen LogP contribution < -0.4 is 18.5 Å². The first-order valence-corrected chi connectivity index (χ1v) is 11.5. The second-order valence-corrected chi connectivity index (χ2v) is 8.13. The maximum atomic E-state index is 10.9. The number of carboxylic acid groups (broad SMARTS) is 3. The lowest BCUT2D eigenvalue weighted by molar-refractivity contribution is -0.136. The molecule has 0 fully saturated rings. The average molecular weight is 538 g/mol. The predicted molar refractivity (Wildman–Crippen MR) is 153 cm³/mol. The number of unbranched alkanes of at least 4 members (excludes halogenated alkanes) is 1. The fourth-order valence-corrected chi connectivity index (χ4v) is 2.84. The van der Waals surface area contributed by atoms with Crippen LogP contribution in [0, 0.1) is 5.92 Å². The number of methoxy groups -OCH3 is 1. The fraction of sp³-hybridized carbons (Fsp3) is 0.393. The molecule has 0 saturated carbocycles. The third kappa shape index (κ3) is 22.9. The van der Waals surface area contributed by atoms with Crippen LogP contribution in [0.15, 0.2) is 83.6 Å². The van der Waals surface area contributed by atoms with Gasteiger partial charge in [0.2, 0.25) is 0 Å². The van der Waals surface area contributed by atoms with Gasteiger partial charge in [0.25, 0.3) is 0 Å². The van der Waals surface area contributed by atoms with Crippen molar-refractivity contribution in [2.75, 3.05) is 7.11 Å². The normalized spacial score (nSPS) is 14.3. The largest absolute Gasteiger partial charge is 0.481 e. The molecule has 0 aromatic heterocycles. The summed E-state index contributed by atoms with van der Waals surface area (Å²) in [4.78, 5) is 32.4. The van der Waals surface area contributed by atoms with Gasteiger partial charge in [0.1, 0.15) is 0 Å². The summed E-state index contributed by atoms with van der Waals surface area (Å²) in [5.74, 6) is -3.01. The van der Waals surface area contributed by atoms with E-state index in [9.17, 15) is 14.4 Å². The second-order valence-electron chi connectivity index (χ2n) is 8.13. The highest BCUT2D eigenvalue weighted by atomic mass is 16.5. The van der Waals surface area contributed by atoms with Crippen LogP contribution in [0.4, 0.5) is 0 Å². The number of ether oxygens (including phenoxy) is 1. The molecule has 0 amide bonds. The van der Waals surface area contributed by atoms with Crippen LogP contribution >= 0.6 is 0 Å². The summed E-state index contributed by atoms with van der Waals surface area (Å²) in [6.07, 6.45) is 22.6. The Morgan fingerprint density at radius 1 is 0.842 bits per heavy atom. The molecule has 0 bridgehead atoms. The van der Waals surface area contributed by atoms with E-state index in [1.807, 2.05) is 38.2 Å². The van der Waals surface area contributed by atoms with Crippen molar-refractivity contribution in [1.82, 2.24) is 18.5 Å². The third-order valence-corrected chi connectivity index (χ3v) is 4.94. The Labute approximate surface area is 226 Å². The van der Waals surface area contributed by atoms with Crippen molar-refractivity contribution in [3.8, 4) is 0 Å². The molecule has 2 unspecified atom stereocenters. The molecular weight excluding hydrogens is 490 g/mol. The molecule has 10 heteroatoms. The van der Waals surface area contributed by atoms with E-state index < -0.39 is 17.9 Å². The van der Waals surface area contributed by atoms with Crippen LogP contribution in [-0.4, -0.2) is 46.4 Å². The lowest BCUT2D eigenvalue weighted by Crippen LogP contribution is -2.10. The molecule has 0 rings (SSSR count). The Kier molecular flexibility index (Phi) is 27.4. The molecule has 12 N–H and O–H groups in total. The van der Waals surface area contributed by atoms with Crippen LogP contribution in [0.25, 0.3) is 0 Å². The molecular formula is C28H47N3O7. The number of allylic oxidation sites excluding steroid dienone is 9. The molecule has 0 heterocycles. The number of hydrogen-bond acceptors (Lipinski definition) is 7. The van der Waals surface area contributed by atoms with Gasteiger partial charge in [-0.1, -0.05) is 67.7 Å². The summed E-state index contributed by atoms with van der Waals surface area (Å²) < 4.78 is 5.47. The van der Waals surface area contributed by atoms with Crippen molar-refractivity contribution in [1.29, 1.82) is 0 Å². The Balaban J connectivity index is -0.00000193. The van der Waals surface area contributed by atoms with Crippen LogP contribution in [0.1, 0.15) is 52.9 Å². The summed E-state index contributed by atoms with van der Waals surface area (Å²) in [7, 11) is 1.63. The Bertz CT molecular complexity index is 913. The Morgan fingerprint density at radius 3 is 2.00 bits per heavy atom. The summed E-state index contributed by atoms with van der Waals surface area (Å²) in [6.45, 7) is 5.44. The minimum absolute atomic E-state index is 0. The van der Waals surface area contributed by atoms with E-state index in [0.29, 0.717) is 6.42 Å². The van der Waals surface area contributed by atoms with Crippen molar-refractivity contribution in [2.24, 2.45) is 5.92 Å². The van der Waals surface area contributed by atoms with E-state index in [-0.39, 0.29) is 48.0 Å². The molecule has 0 aliphatic carbocycles. The van der Waals surface area contributed by atoms with Gasteiger partial charge >= 0.3 is 17.9 Å². The van der Waals surface area contributed by atoms with E-state index in [2.05, 4.69) is 18.2 Å². The van der Waals surface area contributed by atoms with Gasteiger partial charge in [0, 0.05) is 18.8 Å². The van der Waals surface area contributed by atoms with E-state index in [4.69, 9.17) is 20.1 Å². The second kappa shape index (κ2) is 25.1. The van der Waals surface area contributed by atoms with E-state index in [1.165, 1.54) is 0 Å². The van der Waals surface area contributed by atoms with Gasteiger partial charge < -0.3 is 38.5 Å². The van der Waals surface area contributed by atoms with Crippen LogP contribution in [0.5, 0.6) is 0 Å². The summed E-state index contributed by atoms with van der Waals surface area (Å²) >= 11 is 0. The predicted octanol–water partition coefficient (Wildman–Crippen LogP) is 6.37. The molecule has 10 nitrogen and oxygen atoms in total. The van der Waals surface area contributed by atoms with Gasteiger partial charge in [-0.25, -0.2) is 9.59 Å². The zero-order valence-corrected chi connectivity index (χ0v) is 23.1. The smallest absolute Gasteiger partial charge is 0.331 e. The van der Waals surface area contributed by atoms with Crippen LogP contribution in [0.3, 0.4) is 0 Å². The lowest BCUT2D eigenvalue weighted by Gasteiger charge is -2.13. The van der Waals surface area contributed by atoms with E-state index in [1.54, 1.807) is 32.3 Å². The molecule has 0 aliphatic heterocycles. The van der Waals surface area contributed by atoms with Crippen molar-refractivity contribution in [3.63, 3.8) is 0 Å². The Hall–Kier alpha value is -3.57. The van der Waals surface area contributed by atoms with E-state index >= 15 is 0 Å². The minimum Gasteiger partial charge on any atom is -0.481 e. The zero-order chi connectivity index (χ0) is 26.6. The van der Waals surface area contributed by atoms with Gasteiger partial charge in [0.05, 0.1) is 12.5 Å². The number of hydrogen-bond donors (Lipinski definition) is 6. The van der Waals surface area contributed by atoms with Gasteiger partial charge in [-0.3, -0.25) is 4.79 Å². The molecule has 0 aromatic carbocycles. The molecule has 0 aromatic rings. The topological polar surface area (TPSA) is 226 Å². The monoisotopic (exact) mass is 537 g/mol. The first-order chi connectivity index (χ1) is 16.6. The molecule has 2 atom stereocenters. The molecule has 0 aliphatic rings. The third-order valence-electron chi connectivity index (χ3n) is 4.94. The van der Waals surface area contributed by atoms with Crippen molar-refractivity contribution >= 4 is 17.9 Å². The van der Waals surface area contributed by atoms with Gasteiger partial charge in [-0.15, -0.1) is 0 Å². The standard InChI is InChI=1S/C28H38O7.3H3N/c1-21(15-18-24(19-26(29)30)20-27(31)32)13-11-9-7-5-6-8-10-12-14-25(35-4)22(2)16-17-23(3)28(33)34;;;/h6,8-12,15-19,21,25H,5,7,13-14,20H2,1-4H3,(H,29,30)(H,31,32)(H,33,34);3*1H3. The average Bonchev–Trinajstić information content (AvgIpc) is 2.78. The quantitative estimate of drug-likeness (QED) is 0.0519. The lowest BCUT2D eigenvalue weighted by atomic mass is 10.0. The van der Waals surface area contributed by atoms with E-state index in [0.717, 1.165) is 30.9 Å². The maximum absolute atomic E-state index is 10.9. The minimum atomic E-state index is -1.16. The highest BCUT2D eigenvalue weighted by Crippen LogP contribution is 2.12. The number of carbonyl (C=O) groups is 3. The molecule has 0 spiro atoms. The first kappa shape index (κ1) is 41.6. The van der Waals surface area contributed by atoms with Gasteiger partial charge in [0.15, 0.2) is 0 Å². The SMILES string of the molecule is COC(CC=CC=CCCC=CCC(C)C=CC(=CC(=O)O)CC(=O)O)C(C)=CC=C(C)C(=O)O.N.N.N. The summed E-state index contributed by atoms with van der Waals surface area (Å²) in [6, 6.07) is 0. The van der Waals surface area contributed by atoms with Crippen LogP contribution in [-0.2, 0) is 19.1 Å². The fourth-order valence-electron chi connectivity index (χ4n) is 2.84. The van der Waals surface area contributed by atoms with Crippen molar-refractivity contribution in [3.05, 3.63) is 83.6 Å². The highest BCUT2D eigenvalue weighted by Gasteiger charge is 2.07. The zero-order valence-electron chi connectivity index (χ0n) is 23.1. The van der Waals surface area contributed by atoms with Gasteiger partial charge in [-0.05, 0) is 56.6 Å². The molecule has 38 heavy (non-hydrogen) atoms. The molecule has 0 saturated heterocycles. The molecule has 216 valence electrons. The number of rotatable bonds is 17. The highest BCUT2D eigenvalue weighted by molar-refractivity contribution is 5.86.